The van der Waals surface area contributed by atoms with Crippen molar-refractivity contribution in [3.05, 3.63) is 82.0 Å². The quantitative estimate of drug-likeness (QED) is 0.457. The molecule has 1 aromatic heterocycles. The summed E-state index contributed by atoms with van der Waals surface area (Å²) in [6.45, 7) is 0. The molecule has 0 unspecified atom stereocenters. The Balaban J connectivity index is 1.92. The van der Waals surface area contributed by atoms with Crippen LogP contribution in [-0.4, -0.2) is 22.4 Å². The number of hydrogen-bond acceptors (Lipinski definition) is 6. The summed E-state index contributed by atoms with van der Waals surface area (Å²) in [4.78, 5) is 12.9. The van der Waals surface area contributed by atoms with Gasteiger partial charge in [-0.2, -0.15) is 0 Å². The number of phenols is 3. The van der Waals surface area contributed by atoms with Gasteiger partial charge in [0.1, 0.15) is 22.5 Å². The van der Waals surface area contributed by atoms with E-state index in [9.17, 15) is 20.1 Å². The van der Waals surface area contributed by atoms with E-state index in [-0.39, 0.29) is 34.0 Å². The van der Waals surface area contributed by atoms with Gasteiger partial charge in [-0.3, -0.25) is 4.79 Å². The van der Waals surface area contributed by atoms with Gasteiger partial charge in [-0.1, -0.05) is 30.3 Å². The molecule has 6 nitrogen and oxygen atoms in total. The molecule has 0 saturated heterocycles. The largest absolute Gasteiger partial charge is 0.508 e. The summed E-state index contributed by atoms with van der Waals surface area (Å²) in [5.74, 6) is -0.526. The second-order valence-corrected chi connectivity index (χ2v) is 6.92. The van der Waals surface area contributed by atoms with Crippen LogP contribution in [0.4, 0.5) is 0 Å². The molecule has 4 rings (SSSR count). The van der Waals surface area contributed by atoms with Crippen molar-refractivity contribution in [1.82, 2.24) is 0 Å². The Morgan fingerprint density at radius 2 is 1.60 bits per heavy atom. The predicted octanol–water partition coefficient (Wildman–Crippen LogP) is 4.37. The molecular weight excluding hydrogens is 384 g/mol. The molecular formula is C24H20O6. The number of aromatic hydroxyl groups is 3. The standard InChI is InChI=1S/C24H20O6/c1-29-24-21(27)17(12-7-14-5-3-2-4-6-14)23-20(22(24)28)18(26)13-19(30-23)15-8-10-16(25)11-9-15/h2-6,8-11,13,25,27-28H,7,12H2,1H3. The van der Waals surface area contributed by atoms with Crippen molar-refractivity contribution in [3.63, 3.8) is 0 Å². The topological polar surface area (TPSA) is 100 Å². The molecule has 0 radical (unpaired) electrons. The van der Waals surface area contributed by atoms with E-state index in [1.807, 2.05) is 30.3 Å². The molecule has 0 spiro atoms. The summed E-state index contributed by atoms with van der Waals surface area (Å²) < 4.78 is 11.1. The number of benzene rings is 3. The minimum Gasteiger partial charge on any atom is -0.508 e. The van der Waals surface area contributed by atoms with Gasteiger partial charge in [0.05, 0.1) is 7.11 Å². The SMILES string of the molecule is COc1c(O)c(CCc2ccccc2)c2oc(-c3ccc(O)cc3)cc(=O)c2c1O. The Kier molecular flexibility index (Phi) is 5.06. The lowest BCUT2D eigenvalue weighted by atomic mass is 9.99. The fourth-order valence-corrected chi connectivity index (χ4v) is 3.51. The Morgan fingerprint density at radius 1 is 0.900 bits per heavy atom. The molecule has 0 saturated carbocycles. The molecule has 1 heterocycles. The summed E-state index contributed by atoms with van der Waals surface area (Å²) in [6, 6.07) is 17.2. The molecule has 0 bridgehead atoms. The lowest BCUT2D eigenvalue weighted by Gasteiger charge is -2.15. The summed E-state index contributed by atoms with van der Waals surface area (Å²) in [5.41, 5.74) is 1.65. The van der Waals surface area contributed by atoms with E-state index < -0.39 is 11.2 Å². The van der Waals surface area contributed by atoms with Crippen LogP contribution in [0.5, 0.6) is 23.0 Å². The van der Waals surface area contributed by atoms with Crippen LogP contribution >= 0.6 is 0 Å². The number of methoxy groups -OCH3 is 1. The lowest BCUT2D eigenvalue weighted by Crippen LogP contribution is -2.05. The average Bonchev–Trinajstić information content (AvgIpc) is 2.74. The van der Waals surface area contributed by atoms with Crippen molar-refractivity contribution >= 4 is 11.0 Å². The van der Waals surface area contributed by atoms with Gasteiger partial charge in [0, 0.05) is 17.2 Å². The van der Waals surface area contributed by atoms with Gasteiger partial charge in [0.25, 0.3) is 0 Å². The molecule has 4 aromatic rings. The summed E-state index contributed by atoms with van der Waals surface area (Å²) >= 11 is 0. The van der Waals surface area contributed by atoms with Gasteiger partial charge in [0.15, 0.2) is 16.9 Å². The monoisotopic (exact) mass is 404 g/mol. The van der Waals surface area contributed by atoms with Crippen LogP contribution in [0.2, 0.25) is 0 Å². The Bertz CT molecular complexity index is 1260. The van der Waals surface area contributed by atoms with Crippen LogP contribution in [-0.2, 0) is 12.8 Å². The molecule has 30 heavy (non-hydrogen) atoms. The van der Waals surface area contributed by atoms with E-state index in [2.05, 4.69) is 0 Å². The number of rotatable bonds is 5. The van der Waals surface area contributed by atoms with E-state index in [1.165, 1.54) is 25.3 Å². The second-order valence-electron chi connectivity index (χ2n) is 6.92. The highest BCUT2D eigenvalue weighted by atomic mass is 16.5. The maximum Gasteiger partial charge on any atom is 0.204 e. The maximum absolute atomic E-state index is 12.9. The van der Waals surface area contributed by atoms with Crippen LogP contribution in [0.1, 0.15) is 11.1 Å². The van der Waals surface area contributed by atoms with Gasteiger partial charge >= 0.3 is 0 Å². The lowest BCUT2D eigenvalue weighted by molar-refractivity contribution is 0.344. The third kappa shape index (κ3) is 3.43. The van der Waals surface area contributed by atoms with Crippen LogP contribution < -0.4 is 10.2 Å². The first kappa shape index (κ1) is 19.4. The second kappa shape index (κ2) is 7.83. The first-order valence-corrected chi connectivity index (χ1v) is 9.41. The molecule has 0 amide bonds. The predicted molar refractivity (Wildman–Crippen MR) is 113 cm³/mol. The van der Waals surface area contributed by atoms with Crippen molar-refractivity contribution in [1.29, 1.82) is 0 Å². The molecule has 0 aliphatic heterocycles. The van der Waals surface area contributed by atoms with Crippen molar-refractivity contribution < 1.29 is 24.5 Å². The molecule has 0 atom stereocenters. The first-order chi connectivity index (χ1) is 14.5. The zero-order chi connectivity index (χ0) is 21.3. The maximum atomic E-state index is 12.9. The first-order valence-electron chi connectivity index (χ1n) is 9.41. The van der Waals surface area contributed by atoms with Gasteiger partial charge in [-0.15, -0.1) is 0 Å². The third-order valence-corrected chi connectivity index (χ3v) is 5.04. The fourth-order valence-electron chi connectivity index (χ4n) is 3.51. The molecule has 3 aromatic carbocycles. The summed E-state index contributed by atoms with van der Waals surface area (Å²) in [5, 5.41) is 30.8. The molecule has 0 aliphatic rings. The van der Waals surface area contributed by atoms with Crippen LogP contribution in [0.25, 0.3) is 22.3 Å². The highest BCUT2D eigenvalue weighted by molar-refractivity contribution is 5.92. The molecule has 3 N–H and O–H groups in total. The van der Waals surface area contributed by atoms with Crippen LogP contribution in [0.3, 0.4) is 0 Å². The minimum atomic E-state index is -0.462. The Morgan fingerprint density at radius 3 is 2.27 bits per heavy atom. The number of ether oxygens (including phenoxy) is 1. The molecule has 0 aliphatic carbocycles. The van der Waals surface area contributed by atoms with Crippen molar-refractivity contribution in [3.8, 4) is 34.3 Å². The highest BCUT2D eigenvalue weighted by Gasteiger charge is 2.24. The Labute approximate surface area is 172 Å². The van der Waals surface area contributed by atoms with Crippen molar-refractivity contribution in [2.75, 3.05) is 7.11 Å². The Hall–Kier alpha value is -3.93. The molecule has 0 fully saturated rings. The van der Waals surface area contributed by atoms with Gasteiger partial charge in [-0.25, -0.2) is 0 Å². The van der Waals surface area contributed by atoms with Crippen molar-refractivity contribution in [2.45, 2.75) is 12.8 Å². The normalized spacial score (nSPS) is 11.0. The summed E-state index contributed by atoms with van der Waals surface area (Å²) in [6.07, 6.45) is 0.954. The van der Waals surface area contributed by atoms with Crippen LogP contribution in [0.15, 0.2) is 69.9 Å². The van der Waals surface area contributed by atoms with Crippen molar-refractivity contribution in [2.24, 2.45) is 0 Å². The number of phenolic OH excluding ortho intramolecular Hbond substituents is 3. The van der Waals surface area contributed by atoms with E-state index in [0.717, 1.165) is 5.56 Å². The van der Waals surface area contributed by atoms with E-state index in [0.29, 0.717) is 24.0 Å². The fraction of sp³-hybridized carbons (Fsp3) is 0.125. The smallest absolute Gasteiger partial charge is 0.204 e. The number of fused-ring (bicyclic) bond motifs is 1. The minimum absolute atomic E-state index is 0.0461. The van der Waals surface area contributed by atoms with Crippen LogP contribution in [0, 0.1) is 0 Å². The third-order valence-electron chi connectivity index (χ3n) is 5.04. The van der Waals surface area contributed by atoms with Gasteiger partial charge in [-0.05, 0) is 42.7 Å². The zero-order valence-electron chi connectivity index (χ0n) is 16.3. The highest BCUT2D eigenvalue weighted by Crippen LogP contribution is 2.45. The summed E-state index contributed by atoms with van der Waals surface area (Å²) in [7, 11) is 1.31. The molecule has 6 heteroatoms. The van der Waals surface area contributed by atoms with Gasteiger partial charge in [0.2, 0.25) is 5.75 Å². The average molecular weight is 404 g/mol. The van der Waals surface area contributed by atoms with Gasteiger partial charge < -0.3 is 24.5 Å². The number of aryl methyl sites for hydroxylation is 2. The van der Waals surface area contributed by atoms with E-state index in [1.54, 1.807) is 12.1 Å². The zero-order valence-corrected chi connectivity index (χ0v) is 16.3. The van der Waals surface area contributed by atoms with E-state index >= 15 is 0 Å². The molecule has 152 valence electrons. The van der Waals surface area contributed by atoms with E-state index in [4.69, 9.17) is 9.15 Å². The number of hydrogen-bond donors (Lipinski definition) is 3.